The summed E-state index contributed by atoms with van der Waals surface area (Å²) in [6.07, 6.45) is 1.87. The van der Waals surface area contributed by atoms with Crippen LogP contribution in [0.1, 0.15) is 29.3 Å². The highest BCUT2D eigenvalue weighted by Gasteiger charge is 2.18. The fourth-order valence-corrected chi connectivity index (χ4v) is 3.00. The molecule has 0 atom stereocenters. The molecule has 138 valence electrons. The van der Waals surface area contributed by atoms with Gasteiger partial charge >= 0.3 is 0 Å². The summed E-state index contributed by atoms with van der Waals surface area (Å²) in [6, 6.07) is 10.8. The smallest absolute Gasteiger partial charge is 0.256 e. The number of anilines is 3. The number of nitrogens with one attached hydrogen (secondary N) is 3. The maximum atomic E-state index is 12.8. The molecular weight excluding hydrogens is 354 g/mol. The fraction of sp³-hybridized carbons (Fsp3) is 0.263. The molecule has 26 heavy (non-hydrogen) atoms. The summed E-state index contributed by atoms with van der Waals surface area (Å²) in [5.74, 6) is 0.162. The van der Waals surface area contributed by atoms with Gasteiger partial charge < -0.3 is 20.7 Å². The van der Waals surface area contributed by atoms with E-state index in [9.17, 15) is 9.59 Å². The second-order valence-electron chi connectivity index (χ2n) is 5.91. The van der Waals surface area contributed by atoms with Crippen LogP contribution in [0, 0.1) is 0 Å². The lowest BCUT2D eigenvalue weighted by atomic mass is 9.97. The number of benzene rings is 2. The Morgan fingerprint density at radius 2 is 1.96 bits per heavy atom. The third-order valence-electron chi connectivity index (χ3n) is 4.11. The second kappa shape index (κ2) is 8.58. The van der Waals surface area contributed by atoms with E-state index in [2.05, 4.69) is 16.0 Å². The van der Waals surface area contributed by atoms with Crippen molar-refractivity contribution >= 4 is 41.3 Å². The van der Waals surface area contributed by atoms with Gasteiger partial charge in [-0.05, 0) is 48.7 Å². The molecule has 0 radical (unpaired) electrons. The van der Waals surface area contributed by atoms with Crippen molar-refractivity contribution in [3.05, 3.63) is 47.5 Å². The lowest BCUT2D eigenvalue weighted by molar-refractivity contribution is -0.114. The lowest BCUT2D eigenvalue weighted by Gasteiger charge is -2.21. The van der Waals surface area contributed by atoms with Crippen molar-refractivity contribution in [2.24, 2.45) is 0 Å². The van der Waals surface area contributed by atoms with Crippen LogP contribution in [0.25, 0.3) is 0 Å². The maximum absolute atomic E-state index is 12.8. The molecule has 0 aliphatic carbocycles. The molecule has 0 fully saturated rings. The average Bonchev–Trinajstić information content (AvgIpc) is 2.61. The summed E-state index contributed by atoms with van der Waals surface area (Å²) in [7, 11) is 1.54. The predicted octanol–water partition coefficient (Wildman–Crippen LogP) is 3.69. The van der Waals surface area contributed by atoms with Gasteiger partial charge in [-0.25, -0.2) is 0 Å². The molecule has 0 bridgehead atoms. The second-order valence-corrected chi connectivity index (χ2v) is 5.91. The standard InChI is InChI=1S/C19H21N3O3.ClH/c1-12(23)21-13-8-9-18(25-2)17(11-13)22-19(24)15-5-3-7-16-14(15)6-4-10-20-16;/h3,5,7-9,11,20H,4,6,10H2,1-2H3,(H,21,23)(H,22,24);1H. The summed E-state index contributed by atoms with van der Waals surface area (Å²) in [6.45, 7) is 2.36. The van der Waals surface area contributed by atoms with E-state index in [1.165, 1.54) is 14.0 Å². The molecule has 0 spiro atoms. The highest BCUT2D eigenvalue weighted by atomic mass is 35.5. The van der Waals surface area contributed by atoms with Gasteiger partial charge in [0.2, 0.25) is 5.91 Å². The maximum Gasteiger partial charge on any atom is 0.256 e. The van der Waals surface area contributed by atoms with Crippen molar-refractivity contribution in [3.63, 3.8) is 0 Å². The van der Waals surface area contributed by atoms with Gasteiger partial charge in [0.15, 0.2) is 0 Å². The van der Waals surface area contributed by atoms with Crippen LogP contribution in [0.15, 0.2) is 36.4 Å². The molecule has 1 aliphatic heterocycles. The van der Waals surface area contributed by atoms with Crippen LogP contribution in [-0.4, -0.2) is 25.5 Å². The summed E-state index contributed by atoms with van der Waals surface area (Å²) in [5.41, 5.74) is 3.80. The van der Waals surface area contributed by atoms with Crippen LogP contribution >= 0.6 is 12.4 Å². The Bertz CT molecular complexity index is 824. The molecule has 3 N–H and O–H groups in total. The van der Waals surface area contributed by atoms with Gasteiger partial charge in [-0.3, -0.25) is 9.59 Å². The Balaban J connectivity index is 0.00000243. The summed E-state index contributed by atoms with van der Waals surface area (Å²) < 4.78 is 5.31. The fourth-order valence-electron chi connectivity index (χ4n) is 3.00. The normalized spacial score (nSPS) is 12.1. The van der Waals surface area contributed by atoms with Gasteiger partial charge in [-0.15, -0.1) is 12.4 Å². The number of hydrogen-bond donors (Lipinski definition) is 3. The number of rotatable bonds is 4. The van der Waals surface area contributed by atoms with E-state index >= 15 is 0 Å². The van der Waals surface area contributed by atoms with E-state index in [4.69, 9.17) is 4.74 Å². The minimum absolute atomic E-state index is 0. The summed E-state index contributed by atoms with van der Waals surface area (Å²) in [4.78, 5) is 24.1. The van der Waals surface area contributed by atoms with E-state index in [-0.39, 0.29) is 24.2 Å². The van der Waals surface area contributed by atoms with E-state index in [0.29, 0.717) is 22.7 Å². The molecule has 1 heterocycles. The molecular formula is C19H22ClN3O3. The Morgan fingerprint density at radius 3 is 2.69 bits per heavy atom. The predicted molar refractivity (Wildman–Crippen MR) is 106 cm³/mol. The number of carbonyl (C=O) groups is 2. The Hall–Kier alpha value is -2.73. The first-order valence-corrected chi connectivity index (χ1v) is 8.21. The van der Waals surface area contributed by atoms with Crippen molar-refractivity contribution < 1.29 is 14.3 Å². The van der Waals surface area contributed by atoms with Crippen LogP contribution < -0.4 is 20.7 Å². The first-order chi connectivity index (χ1) is 12.1. The summed E-state index contributed by atoms with van der Waals surface area (Å²) >= 11 is 0. The number of methoxy groups -OCH3 is 1. The number of fused-ring (bicyclic) bond motifs is 1. The highest BCUT2D eigenvalue weighted by Crippen LogP contribution is 2.30. The molecule has 0 aromatic heterocycles. The zero-order chi connectivity index (χ0) is 17.8. The lowest BCUT2D eigenvalue weighted by Crippen LogP contribution is -2.19. The molecule has 2 amide bonds. The number of hydrogen-bond acceptors (Lipinski definition) is 4. The summed E-state index contributed by atoms with van der Waals surface area (Å²) in [5, 5.41) is 8.92. The topological polar surface area (TPSA) is 79.5 Å². The van der Waals surface area contributed by atoms with Crippen molar-refractivity contribution in [3.8, 4) is 5.75 Å². The number of halogens is 1. The first-order valence-electron chi connectivity index (χ1n) is 8.21. The third-order valence-corrected chi connectivity index (χ3v) is 4.11. The zero-order valence-corrected chi connectivity index (χ0v) is 15.5. The minimum Gasteiger partial charge on any atom is -0.495 e. The molecule has 0 saturated heterocycles. The van der Waals surface area contributed by atoms with Crippen LogP contribution in [0.5, 0.6) is 5.75 Å². The number of ether oxygens (including phenoxy) is 1. The highest BCUT2D eigenvalue weighted by molar-refractivity contribution is 6.07. The van der Waals surface area contributed by atoms with Gasteiger partial charge in [0, 0.05) is 30.4 Å². The van der Waals surface area contributed by atoms with E-state index in [0.717, 1.165) is 30.6 Å². The monoisotopic (exact) mass is 375 g/mol. The van der Waals surface area contributed by atoms with Gasteiger partial charge in [0.1, 0.15) is 5.75 Å². The van der Waals surface area contributed by atoms with Crippen LogP contribution in [-0.2, 0) is 11.2 Å². The minimum atomic E-state index is -0.196. The van der Waals surface area contributed by atoms with Crippen molar-refractivity contribution in [2.75, 3.05) is 29.6 Å². The van der Waals surface area contributed by atoms with E-state index in [1.54, 1.807) is 18.2 Å². The van der Waals surface area contributed by atoms with Crippen molar-refractivity contribution in [1.82, 2.24) is 0 Å². The first kappa shape index (κ1) is 19.6. The Morgan fingerprint density at radius 1 is 1.15 bits per heavy atom. The van der Waals surface area contributed by atoms with Crippen molar-refractivity contribution in [2.45, 2.75) is 19.8 Å². The average molecular weight is 376 g/mol. The van der Waals surface area contributed by atoms with Crippen LogP contribution in [0.2, 0.25) is 0 Å². The molecule has 3 rings (SSSR count). The number of amides is 2. The van der Waals surface area contributed by atoms with E-state index < -0.39 is 0 Å². The molecule has 0 saturated carbocycles. The largest absolute Gasteiger partial charge is 0.495 e. The van der Waals surface area contributed by atoms with Crippen LogP contribution in [0.4, 0.5) is 17.1 Å². The zero-order valence-electron chi connectivity index (χ0n) is 14.7. The SMILES string of the molecule is COc1ccc(NC(C)=O)cc1NC(=O)c1cccc2c1CCCN2.Cl. The Labute approximate surface area is 158 Å². The van der Waals surface area contributed by atoms with Gasteiger partial charge in [-0.2, -0.15) is 0 Å². The third kappa shape index (κ3) is 4.26. The molecule has 0 unspecified atom stereocenters. The van der Waals surface area contributed by atoms with Gasteiger partial charge in [0.05, 0.1) is 12.8 Å². The molecule has 6 nitrogen and oxygen atoms in total. The van der Waals surface area contributed by atoms with Gasteiger partial charge in [-0.1, -0.05) is 6.07 Å². The van der Waals surface area contributed by atoms with Crippen LogP contribution in [0.3, 0.4) is 0 Å². The Kier molecular flexibility index (Phi) is 6.46. The van der Waals surface area contributed by atoms with Gasteiger partial charge in [0.25, 0.3) is 5.91 Å². The molecule has 2 aromatic carbocycles. The van der Waals surface area contributed by atoms with E-state index in [1.807, 2.05) is 18.2 Å². The molecule has 2 aromatic rings. The molecule has 1 aliphatic rings. The number of carbonyl (C=O) groups excluding carboxylic acids is 2. The van der Waals surface area contributed by atoms with Crippen molar-refractivity contribution in [1.29, 1.82) is 0 Å². The quantitative estimate of drug-likeness (QED) is 0.761. The molecule has 7 heteroatoms.